The third-order valence-electron chi connectivity index (χ3n) is 3.01. The van der Waals surface area contributed by atoms with E-state index in [9.17, 15) is 8.78 Å². The summed E-state index contributed by atoms with van der Waals surface area (Å²) in [6, 6.07) is 11.3. The van der Waals surface area contributed by atoms with Crippen LogP contribution in [0.25, 0.3) is 0 Å². The topological polar surface area (TPSA) is 0 Å². The van der Waals surface area contributed by atoms with Crippen molar-refractivity contribution in [1.29, 1.82) is 0 Å². The molecule has 2 aromatic carbocycles. The van der Waals surface area contributed by atoms with Gasteiger partial charge in [0.15, 0.2) is 0 Å². The van der Waals surface area contributed by atoms with Gasteiger partial charge in [-0.25, -0.2) is 8.78 Å². The van der Waals surface area contributed by atoms with E-state index < -0.39 is 0 Å². The molecule has 1 atom stereocenters. The Morgan fingerprint density at radius 2 is 1.79 bits per heavy atom. The highest BCUT2D eigenvalue weighted by Gasteiger charge is 2.17. The van der Waals surface area contributed by atoms with Gasteiger partial charge in [-0.3, -0.25) is 0 Å². The zero-order chi connectivity index (χ0) is 13.8. The van der Waals surface area contributed by atoms with Gasteiger partial charge < -0.3 is 0 Å². The molecule has 1 unspecified atom stereocenters. The van der Waals surface area contributed by atoms with Crippen molar-refractivity contribution in [3.05, 3.63) is 69.7 Å². The molecule has 0 saturated heterocycles. The lowest BCUT2D eigenvalue weighted by Crippen LogP contribution is -2.08. The minimum absolute atomic E-state index is 0.237. The standard InChI is InChI=1S/C15H12BrClF2/c16-12-6-5-10(15(19)8-12)7-11(9-17)13-3-1-2-4-14(13)18/h1-6,8,11H,7,9H2. The van der Waals surface area contributed by atoms with Crippen LogP contribution in [0.5, 0.6) is 0 Å². The van der Waals surface area contributed by atoms with Crippen molar-refractivity contribution in [2.24, 2.45) is 0 Å². The van der Waals surface area contributed by atoms with E-state index in [1.54, 1.807) is 30.3 Å². The molecule has 2 aromatic rings. The maximum Gasteiger partial charge on any atom is 0.127 e. The van der Waals surface area contributed by atoms with E-state index in [0.717, 1.165) is 0 Å². The van der Waals surface area contributed by atoms with Crippen molar-refractivity contribution in [3.8, 4) is 0 Å². The molecule has 0 N–H and O–H groups in total. The van der Waals surface area contributed by atoms with Gasteiger partial charge in [0.1, 0.15) is 11.6 Å². The fourth-order valence-corrected chi connectivity index (χ4v) is 2.61. The van der Waals surface area contributed by atoms with E-state index in [1.807, 2.05) is 0 Å². The van der Waals surface area contributed by atoms with Crippen LogP contribution in [-0.4, -0.2) is 5.88 Å². The van der Waals surface area contributed by atoms with E-state index in [2.05, 4.69) is 15.9 Å². The Kier molecular flexibility index (Phi) is 4.94. The van der Waals surface area contributed by atoms with Crippen LogP contribution in [0, 0.1) is 11.6 Å². The predicted molar refractivity (Wildman–Crippen MR) is 77.7 cm³/mol. The minimum Gasteiger partial charge on any atom is -0.207 e. The molecule has 0 amide bonds. The molecule has 0 saturated carbocycles. The molecule has 0 fully saturated rings. The summed E-state index contributed by atoms with van der Waals surface area (Å²) < 4.78 is 28.2. The molecule has 0 aliphatic carbocycles. The summed E-state index contributed by atoms with van der Waals surface area (Å²) in [5.74, 6) is -0.596. The molecule has 100 valence electrons. The molecule has 19 heavy (non-hydrogen) atoms. The first-order valence-corrected chi connectivity index (χ1v) is 7.19. The SMILES string of the molecule is Fc1cc(Br)ccc1CC(CCl)c1ccccc1F. The predicted octanol–water partition coefficient (Wildman–Crippen LogP) is 5.29. The van der Waals surface area contributed by atoms with Gasteiger partial charge >= 0.3 is 0 Å². The monoisotopic (exact) mass is 344 g/mol. The molecule has 0 heterocycles. The molecule has 0 nitrogen and oxygen atoms in total. The lowest BCUT2D eigenvalue weighted by molar-refractivity contribution is 0.572. The first-order valence-electron chi connectivity index (χ1n) is 5.86. The largest absolute Gasteiger partial charge is 0.207 e. The van der Waals surface area contributed by atoms with Crippen LogP contribution in [-0.2, 0) is 6.42 Å². The zero-order valence-electron chi connectivity index (χ0n) is 10.0. The van der Waals surface area contributed by atoms with Gasteiger partial charge in [-0.05, 0) is 35.7 Å². The summed E-state index contributed by atoms with van der Waals surface area (Å²) in [5.41, 5.74) is 1.07. The third-order valence-corrected chi connectivity index (χ3v) is 3.88. The summed E-state index contributed by atoms with van der Waals surface area (Å²) >= 11 is 9.12. The average molecular weight is 346 g/mol. The van der Waals surface area contributed by atoms with E-state index in [4.69, 9.17) is 11.6 Å². The molecule has 2 rings (SSSR count). The van der Waals surface area contributed by atoms with Gasteiger partial charge in [0, 0.05) is 16.3 Å². The highest BCUT2D eigenvalue weighted by Crippen LogP contribution is 2.26. The number of hydrogen-bond acceptors (Lipinski definition) is 0. The molecule has 0 radical (unpaired) electrons. The molecular weight excluding hydrogens is 334 g/mol. The second-order valence-electron chi connectivity index (χ2n) is 4.31. The Morgan fingerprint density at radius 1 is 1.05 bits per heavy atom. The summed E-state index contributed by atoms with van der Waals surface area (Å²) in [5, 5.41) is 0. The van der Waals surface area contributed by atoms with Crippen LogP contribution in [0.4, 0.5) is 8.78 Å². The van der Waals surface area contributed by atoms with Gasteiger partial charge in [0.05, 0.1) is 0 Å². The molecule has 0 aliphatic rings. The first-order chi connectivity index (χ1) is 9.11. The van der Waals surface area contributed by atoms with Crippen molar-refractivity contribution in [1.82, 2.24) is 0 Å². The van der Waals surface area contributed by atoms with E-state index in [0.29, 0.717) is 22.0 Å². The Labute approximate surface area is 124 Å². The fourth-order valence-electron chi connectivity index (χ4n) is 2.01. The Bertz CT molecular complexity index is 572. The molecular formula is C15H12BrClF2. The average Bonchev–Trinajstić information content (AvgIpc) is 2.39. The molecule has 0 bridgehead atoms. The lowest BCUT2D eigenvalue weighted by Gasteiger charge is -2.15. The van der Waals surface area contributed by atoms with Gasteiger partial charge in [0.25, 0.3) is 0 Å². The summed E-state index contributed by atoms with van der Waals surface area (Å²) in [7, 11) is 0. The highest BCUT2D eigenvalue weighted by molar-refractivity contribution is 9.10. The maximum absolute atomic E-state index is 13.8. The number of halogens is 4. The van der Waals surface area contributed by atoms with Crippen LogP contribution in [0.1, 0.15) is 17.0 Å². The lowest BCUT2D eigenvalue weighted by atomic mass is 9.93. The minimum atomic E-state index is -0.305. The Balaban J connectivity index is 2.27. The first kappa shape index (κ1) is 14.5. The molecule has 0 aromatic heterocycles. The molecule has 0 aliphatic heterocycles. The second-order valence-corrected chi connectivity index (χ2v) is 5.54. The van der Waals surface area contributed by atoms with Crippen LogP contribution in [0.3, 0.4) is 0 Å². The van der Waals surface area contributed by atoms with Crippen molar-refractivity contribution < 1.29 is 8.78 Å². The van der Waals surface area contributed by atoms with Gasteiger partial charge in [-0.2, -0.15) is 0 Å². The van der Waals surface area contributed by atoms with E-state index >= 15 is 0 Å². The summed E-state index contributed by atoms with van der Waals surface area (Å²) in [6.45, 7) is 0. The summed E-state index contributed by atoms with van der Waals surface area (Å²) in [4.78, 5) is 0. The normalized spacial score (nSPS) is 12.4. The van der Waals surface area contributed by atoms with Crippen LogP contribution in [0.2, 0.25) is 0 Å². The maximum atomic E-state index is 13.8. The van der Waals surface area contributed by atoms with Crippen LogP contribution in [0.15, 0.2) is 46.9 Å². The van der Waals surface area contributed by atoms with Gasteiger partial charge in [-0.1, -0.05) is 40.2 Å². The molecule has 0 spiro atoms. The Hall–Kier alpha value is -0.930. The highest BCUT2D eigenvalue weighted by atomic mass is 79.9. The fraction of sp³-hybridized carbons (Fsp3) is 0.200. The van der Waals surface area contributed by atoms with E-state index in [-0.39, 0.29) is 23.4 Å². The van der Waals surface area contributed by atoms with Crippen molar-refractivity contribution in [2.75, 3.05) is 5.88 Å². The zero-order valence-corrected chi connectivity index (χ0v) is 12.4. The molecule has 4 heteroatoms. The second kappa shape index (κ2) is 6.49. The number of rotatable bonds is 4. The van der Waals surface area contributed by atoms with Gasteiger partial charge in [-0.15, -0.1) is 11.6 Å². The van der Waals surface area contributed by atoms with Crippen LogP contribution < -0.4 is 0 Å². The van der Waals surface area contributed by atoms with Crippen LogP contribution >= 0.6 is 27.5 Å². The van der Waals surface area contributed by atoms with Gasteiger partial charge in [0.2, 0.25) is 0 Å². The van der Waals surface area contributed by atoms with Crippen molar-refractivity contribution in [2.45, 2.75) is 12.3 Å². The number of hydrogen-bond donors (Lipinski definition) is 0. The quantitative estimate of drug-likeness (QED) is 0.660. The van der Waals surface area contributed by atoms with Crippen molar-refractivity contribution >= 4 is 27.5 Å². The van der Waals surface area contributed by atoms with Crippen molar-refractivity contribution in [3.63, 3.8) is 0 Å². The van der Waals surface area contributed by atoms with E-state index in [1.165, 1.54) is 12.1 Å². The third kappa shape index (κ3) is 3.54. The summed E-state index contributed by atoms with van der Waals surface area (Å²) in [6.07, 6.45) is 0.379. The Morgan fingerprint density at radius 3 is 2.42 bits per heavy atom. The smallest absolute Gasteiger partial charge is 0.127 e. The number of alkyl halides is 1. The number of benzene rings is 2.